The molecule has 1 aliphatic rings. The summed E-state index contributed by atoms with van der Waals surface area (Å²) in [6.07, 6.45) is 2.42. The van der Waals surface area contributed by atoms with Crippen LogP contribution < -0.4 is 5.32 Å². The molecule has 1 saturated heterocycles. The Morgan fingerprint density at radius 3 is 2.93 bits per heavy atom. The minimum absolute atomic E-state index is 0.150. The van der Waals surface area contributed by atoms with Crippen molar-refractivity contribution in [2.75, 3.05) is 13.1 Å². The smallest absolute Gasteiger partial charge is 0.0681 e. The van der Waals surface area contributed by atoms with Crippen LogP contribution in [0.2, 0.25) is 0 Å². The fraction of sp³-hybridized carbons (Fsp3) is 0.500. The van der Waals surface area contributed by atoms with E-state index in [-0.39, 0.29) is 6.61 Å². The number of aliphatic hydroxyl groups is 1. The Labute approximate surface area is 85.0 Å². The van der Waals surface area contributed by atoms with E-state index in [1.165, 1.54) is 12.0 Å². The molecule has 0 saturated carbocycles. The van der Waals surface area contributed by atoms with Gasteiger partial charge in [0.25, 0.3) is 0 Å². The van der Waals surface area contributed by atoms with E-state index in [0.717, 1.165) is 31.0 Å². The van der Waals surface area contributed by atoms with Crippen molar-refractivity contribution in [2.45, 2.75) is 19.4 Å². The zero-order chi connectivity index (χ0) is 9.80. The largest absolute Gasteiger partial charge is 0.392 e. The molecule has 1 aliphatic heterocycles. The molecule has 2 nitrogen and oxygen atoms in total. The molecule has 2 heteroatoms. The van der Waals surface area contributed by atoms with Crippen molar-refractivity contribution in [1.82, 2.24) is 5.32 Å². The normalized spacial score (nSPS) is 21.4. The SMILES string of the molecule is OCc1cccc(CC2CCNC2)c1. The summed E-state index contributed by atoms with van der Waals surface area (Å²) in [5, 5.41) is 12.4. The first kappa shape index (κ1) is 9.69. The van der Waals surface area contributed by atoms with E-state index in [0.29, 0.717) is 0 Å². The molecule has 0 aliphatic carbocycles. The molecule has 1 aromatic carbocycles. The number of aliphatic hydroxyl groups excluding tert-OH is 1. The molecule has 1 unspecified atom stereocenters. The predicted octanol–water partition coefficient (Wildman–Crippen LogP) is 1.33. The lowest BCUT2D eigenvalue weighted by atomic mass is 9.97. The summed E-state index contributed by atoms with van der Waals surface area (Å²) in [7, 11) is 0. The molecule has 0 radical (unpaired) electrons. The van der Waals surface area contributed by atoms with E-state index in [1.54, 1.807) is 0 Å². The summed E-state index contributed by atoms with van der Waals surface area (Å²) >= 11 is 0. The van der Waals surface area contributed by atoms with Gasteiger partial charge in [0, 0.05) is 0 Å². The van der Waals surface area contributed by atoms with Gasteiger partial charge in [-0.1, -0.05) is 24.3 Å². The molecular weight excluding hydrogens is 174 g/mol. The van der Waals surface area contributed by atoms with Crippen molar-refractivity contribution in [2.24, 2.45) is 5.92 Å². The van der Waals surface area contributed by atoms with Gasteiger partial charge in [-0.05, 0) is 43.0 Å². The predicted molar refractivity (Wildman–Crippen MR) is 57.0 cm³/mol. The Morgan fingerprint density at radius 2 is 2.21 bits per heavy atom. The molecule has 0 aromatic heterocycles. The van der Waals surface area contributed by atoms with Gasteiger partial charge in [0.1, 0.15) is 0 Å². The standard InChI is InChI=1S/C12H17NO/c14-9-12-3-1-2-10(7-12)6-11-4-5-13-8-11/h1-3,7,11,13-14H,4-6,8-9H2. The van der Waals surface area contributed by atoms with Crippen molar-refractivity contribution >= 4 is 0 Å². The van der Waals surface area contributed by atoms with Gasteiger partial charge in [0.05, 0.1) is 6.61 Å². The second kappa shape index (κ2) is 4.58. The van der Waals surface area contributed by atoms with E-state index >= 15 is 0 Å². The van der Waals surface area contributed by atoms with Crippen LogP contribution in [0.15, 0.2) is 24.3 Å². The second-order valence-electron chi connectivity index (χ2n) is 4.04. The first-order chi connectivity index (χ1) is 6.88. The molecular formula is C12H17NO. The minimum Gasteiger partial charge on any atom is -0.392 e. The molecule has 2 rings (SSSR count). The van der Waals surface area contributed by atoms with Crippen molar-refractivity contribution in [1.29, 1.82) is 0 Å². The van der Waals surface area contributed by atoms with Gasteiger partial charge < -0.3 is 10.4 Å². The highest BCUT2D eigenvalue weighted by atomic mass is 16.3. The van der Waals surface area contributed by atoms with E-state index in [4.69, 9.17) is 5.11 Å². The van der Waals surface area contributed by atoms with E-state index in [9.17, 15) is 0 Å². The summed E-state index contributed by atoms with van der Waals surface area (Å²) in [5.41, 5.74) is 2.37. The van der Waals surface area contributed by atoms with Gasteiger partial charge >= 0.3 is 0 Å². The lowest BCUT2D eigenvalue weighted by molar-refractivity contribution is 0.281. The van der Waals surface area contributed by atoms with Crippen molar-refractivity contribution in [3.05, 3.63) is 35.4 Å². The topological polar surface area (TPSA) is 32.3 Å². The van der Waals surface area contributed by atoms with E-state index in [1.807, 2.05) is 12.1 Å². The van der Waals surface area contributed by atoms with Crippen LogP contribution in [0.25, 0.3) is 0 Å². The number of rotatable bonds is 3. The summed E-state index contributed by atoms with van der Waals surface area (Å²) in [6, 6.07) is 8.26. The average Bonchev–Trinajstić information content (AvgIpc) is 2.71. The molecule has 2 N–H and O–H groups in total. The van der Waals surface area contributed by atoms with Crippen molar-refractivity contribution in [3.63, 3.8) is 0 Å². The number of nitrogens with one attached hydrogen (secondary N) is 1. The third-order valence-electron chi connectivity index (χ3n) is 2.86. The molecule has 76 valence electrons. The third kappa shape index (κ3) is 2.34. The monoisotopic (exact) mass is 191 g/mol. The number of hydrogen-bond acceptors (Lipinski definition) is 2. The van der Waals surface area contributed by atoms with Gasteiger partial charge in [-0.15, -0.1) is 0 Å². The number of hydrogen-bond donors (Lipinski definition) is 2. The van der Waals surface area contributed by atoms with Crippen molar-refractivity contribution in [3.8, 4) is 0 Å². The highest BCUT2D eigenvalue weighted by Gasteiger charge is 2.14. The Balaban J connectivity index is 2.00. The first-order valence-electron chi connectivity index (χ1n) is 5.28. The second-order valence-corrected chi connectivity index (χ2v) is 4.04. The van der Waals surface area contributed by atoms with Crippen LogP contribution >= 0.6 is 0 Å². The molecule has 1 atom stereocenters. The third-order valence-corrected chi connectivity index (χ3v) is 2.86. The van der Waals surface area contributed by atoms with Crippen molar-refractivity contribution < 1.29 is 5.11 Å². The zero-order valence-corrected chi connectivity index (χ0v) is 8.37. The Hall–Kier alpha value is -0.860. The molecule has 0 bridgehead atoms. The fourth-order valence-electron chi connectivity index (χ4n) is 2.08. The lowest BCUT2D eigenvalue weighted by Gasteiger charge is -2.08. The van der Waals surface area contributed by atoms with Crippen LogP contribution in [0.3, 0.4) is 0 Å². The molecule has 1 fully saturated rings. The van der Waals surface area contributed by atoms with Gasteiger partial charge in [-0.3, -0.25) is 0 Å². The minimum atomic E-state index is 0.150. The average molecular weight is 191 g/mol. The van der Waals surface area contributed by atoms with Gasteiger partial charge in [-0.25, -0.2) is 0 Å². The molecule has 1 aromatic rings. The van der Waals surface area contributed by atoms with E-state index < -0.39 is 0 Å². The summed E-state index contributed by atoms with van der Waals surface area (Å²) in [4.78, 5) is 0. The summed E-state index contributed by atoms with van der Waals surface area (Å²) in [5.74, 6) is 0.781. The van der Waals surface area contributed by atoms with Gasteiger partial charge in [-0.2, -0.15) is 0 Å². The molecule has 0 amide bonds. The van der Waals surface area contributed by atoms with Crippen LogP contribution in [0.4, 0.5) is 0 Å². The first-order valence-corrected chi connectivity index (χ1v) is 5.28. The van der Waals surface area contributed by atoms with Crippen LogP contribution in [-0.4, -0.2) is 18.2 Å². The highest BCUT2D eigenvalue weighted by Crippen LogP contribution is 2.16. The Kier molecular flexibility index (Phi) is 3.17. The summed E-state index contributed by atoms with van der Waals surface area (Å²) in [6.45, 7) is 2.45. The van der Waals surface area contributed by atoms with E-state index in [2.05, 4.69) is 17.4 Å². The zero-order valence-electron chi connectivity index (χ0n) is 8.37. The Morgan fingerprint density at radius 1 is 1.36 bits per heavy atom. The number of benzene rings is 1. The molecule has 0 spiro atoms. The molecule has 14 heavy (non-hydrogen) atoms. The van der Waals surface area contributed by atoms with Crippen LogP contribution in [0.5, 0.6) is 0 Å². The highest BCUT2D eigenvalue weighted by molar-refractivity contribution is 5.23. The summed E-state index contributed by atoms with van der Waals surface area (Å²) < 4.78 is 0. The van der Waals surface area contributed by atoms with Gasteiger partial charge in [0.15, 0.2) is 0 Å². The maximum absolute atomic E-state index is 9.01. The van der Waals surface area contributed by atoms with Crippen LogP contribution in [-0.2, 0) is 13.0 Å². The quantitative estimate of drug-likeness (QED) is 0.755. The molecule has 1 heterocycles. The van der Waals surface area contributed by atoms with Crippen LogP contribution in [0.1, 0.15) is 17.5 Å². The lowest BCUT2D eigenvalue weighted by Crippen LogP contribution is -2.10. The maximum Gasteiger partial charge on any atom is 0.0681 e. The Bertz CT molecular complexity index is 292. The maximum atomic E-state index is 9.01. The fourth-order valence-corrected chi connectivity index (χ4v) is 2.08. The van der Waals surface area contributed by atoms with Gasteiger partial charge in [0.2, 0.25) is 0 Å². The van der Waals surface area contributed by atoms with Crippen LogP contribution in [0, 0.1) is 5.92 Å².